The van der Waals surface area contributed by atoms with Crippen molar-refractivity contribution >= 4 is 21.8 Å². The molecule has 1 aliphatic heterocycles. The fourth-order valence-electron chi connectivity index (χ4n) is 4.61. The Morgan fingerprint density at radius 3 is 2.29 bits per heavy atom. The van der Waals surface area contributed by atoms with E-state index in [1.165, 1.54) is 16.7 Å². The van der Waals surface area contributed by atoms with Crippen LogP contribution in [0.2, 0.25) is 0 Å². The number of carbonyl (C=O) groups excluding carboxylic acids is 2. The Hall–Kier alpha value is -3.76. The van der Waals surface area contributed by atoms with Crippen molar-refractivity contribution in [2.24, 2.45) is 0 Å². The number of carbonyl (C=O) groups is 2. The molecule has 1 aliphatic rings. The van der Waals surface area contributed by atoms with Crippen LogP contribution < -0.4 is 15.4 Å². The summed E-state index contributed by atoms with van der Waals surface area (Å²) in [6.45, 7) is 0.371. The number of aromatic nitrogens is 1. The molecule has 2 amide bonds. The normalized spacial score (nSPS) is 16.9. The molecule has 1 fully saturated rings. The minimum Gasteiger partial charge on any atom is -0.619 e. The molecule has 0 bridgehead atoms. The SMILES string of the molecule is O=C(NCc1ccc[n+]([O-])c1)C(Cc1ccccc1)NC(=O)C1CCCCN1S(=O)(=O)Cc1ccccc1. The van der Waals surface area contributed by atoms with Crippen molar-refractivity contribution in [2.45, 2.75) is 50.1 Å². The first kappa shape index (κ1) is 27.3. The van der Waals surface area contributed by atoms with Gasteiger partial charge in [-0.2, -0.15) is 9.04 Å². The van der Waals surface area contributed by atoms with Crippen LogP contribution >= 0.6 is 0 Å². The molecule has 9 nitrogen and oxygen atoms in total. The van der Waals surface area contributed by atoms with Crippen molar-refractivity contribution in [3.63, 3.8) is 0 Å². The van der Waals surface area contributed by atoms with Gasteiger partial charge in [0.2, 0.25) is 21.8 Å². The third-order valence-electron chi connectivity index (χ3n) is 6.52. The standard InChI is InChI=1S/C28H32N4O5S/c33-27(29-19-24-14-9-16-31(35)20-24)25(18-22-10-3-1-4-11-22)30-28(34)26-15-7-8-17-32(26)38(36,37)21-23-12-5-2-6-13-23/h1-6,9-14,16,20,25-26H,7-8,15,17-19,21H2,(H,29,33)(H,30,34). The maximum Gasteiger partial charge on any atom is 0.243 e. The third kappa shape index (κ3) is 7.39. The second-order valence-corrected chi connectivity index (χ2v) is 11.3. The summed E-state index contributed by atoms with van der Waals surface area (Å²) in [5, 5.41) is 17.2. The quantitative estimate of drug-likeness (QED) is 0.303. The zero-order chi connectivity index (χ0) is 27.0. The first-order chi connectivity index (χ1) is 18.3. The molecular formula is C28H32N4O5S. The Morgan fingerprint density at radius 1 is 0.947 bits per heavy atom. The van der Waals surface area contributed by atoms with E-state index in [9.17, 15) is 23.2 Å². The largest absolute Gasteiger partial charge is 0.619 e. The third-order valence-corrected chi connectivity index (χ3v) is 8.37. The molecule has 0 saturated carbocycles. The Kier molecular flexibility index (Phi) is 9.09. The highest BCUT2D eigenvalue weighted by Gasteiger charge is 2.38. The zero-order valence-electron chi connectivity index (χ0n) is 21.0. The minimum absolute atomic E-state index is 0.115. The van der Waals surface area contributed by atoms with E-state index in [0.29, 0.717) is 35.1 Å². The Bertz CT molecular complexity index is 1340. The number of pyridine rings is 1. The highest BCUT2D eigenvalue weighted by molar-refractivity contribution is 7.88. The Balaban J connectivity index is 1.49. The lowest BCUT2D eigenvalue weighted by molar-refractivity contribution is -0.605. The van der Waals surface area contributed by atoms with Crippen LogP contribution in [0.5, 0.6) is 0 Å². The summed E-state index contributed by atoms with van der Waals surface area (Å²) >= 11 is 0. The molecule has 2 unspecified atom stereocenters. The summed E-state index contributed by atoms with van der Waals surface area (Å²) in [5.74, 6) is -1.10. The number of nitrogens with one attached hydrogen (secondary N) is 2. The van der Waals surface area contributed by atoms with Gasteiger partial charge in [-0.25, -0.2) is 8.42 Å². The second kappa shape index (κ2) is 12.7. The predicted molar refractivity (Wildman–Crippen MR) is 143 cm³/mol. The highest BCUT2D eigenvalue weighted by atomic mass is 32.2. The van der Waals surface area contributed by atoms with E-state index < -0.39 is 33.9 Å². The van der Waals surface area contributed by atoms with Gasteiger partial charge in [-0.15, -0.1) is 0 Å². The van der Waals surface area contributed by atoms with Crippen molar-refractivity contribution in [1.82, 2.24) is 14.9 Å². The molecule has 2 atom stereocenters. The molecule has 2 aromatic carbocycles. The van der Waals surface area contributed by atoms with Gasteiger partial charge in [-0.3, -0.25) is 9.59 Å². The smallest absolute Gasteiger partial charge is 0.243 e. The van der Waals surface area contributed by atoms with E-state index in [1.807, 2.05) is 36.4 Å². The van der Waals surface area contributed by atoms with Crippen LogP contribution in [0.25, 0.3) is 0 Å². The summed E-state index contributed by atoms with van der Waals surface area (Å²) < 4.78 is 28.5. The van der Waals surface area contributed by atoms with Gasteiger partial charge in [0.25, 0.3) is 0 Å². The van der Waals surface area contributed by atoms with Crippen molar-refractivity contribution < 1.29 is 22.7 Å². The zero-order valence-corrected chi connectivity index (χ0v) is 21.8. The van der Waals surface area contributed by atoms with E-state index in [-0.39, 0.29) is 25.3 Å². The van der Waals surface area contributed by atoms with Crippen LogP contribution in [0.3, 0.4) is 0 Å². The van der Waals surface area contributed by atoms with Gasteiger partial charge in [-0.1, -0.05) is 67.1 Å². The Morgan fingerprint density at radius 2 is 1.61 bits per heavy atom. The number of hydrogen-bond donors (Lipinski definition) is 2. The average Bonchev–Trinajstić information content (AvgIpc) is 2.92. The van der Waals surface area contributed by atoms with Gasteiger partial charge in [0.15, 0.2) is 12.4 Å². The van der Waals surface area contributed by atoms with Gasteiger partial charge in [0.1, 0.15) is 12.1 Å². The molecular weight excluding hydrogens is 504 g/mol. The van der Waals surface area contributed by atoms with Crippen molar-refractivity contribution in [2.75, 3.05) is 6.54 Å². The molecule has 38 heavy (non-hydrogen) atoms. The molecule has 0 aliphatic carbocycles. The molecule has 2 N–H and O–H groups in total. The first-order valence-electron chi connectivity index (χ1n) is 12.6. The monoisotopic (exact) mass is 536 g/mol. The lowest BCUT2D eigenvalue weighted by Crippen LogP contribution is -2.56. The lowest BCUT2D eigenvalue weighted by atomic mass is 10.0. The fraction of sp³-hybridized carbons (Fsp3) is 0.321. The second-order valence-electron chi connectivity index (χ2n) is 9.40. The van der Waals surface area contributed by atoms with Crippen LogP contribution in [0, 0.1) is 5.21 Å². The highest BCUT2D eigenvalue weighted by Crippen LogP contribution is 2.23. The molecule has 200 valence electrons. The molecule has 1 saturated heterocycles. The average molecular weight is 537 g/mol. The molecule has 0 radical (unpaired) electrons. The van der Waals surface area contributed by atoms with Crippen LogP contribution in [0.4, 0.5) is 0 Å². The summed E-state index contributed by atoms with van der Waals surface area (Å²) in [6.07, 6.45) is 4.72. The number of nitrogens with zero attached hydrogens (tertiary/aromatic N) is 2. The van der Waals surface area contributed by atoms with Gasteiger partial charge in [-0.05, 0) is 30.0 Å². The lowest BCUT2D eigenvalue weighted by Gasteiger charge is -2.34. The number of amides is 2. The van der Waals surface area contributed by atoms with Crippen molar-refractivity contribution in [3.8, 4) is 0 Å². The molecule has 0 spiro atoms. The van der Waals surface area contributed by atoms with Crippen LogP contribution in [-0.2, 0) is 38.3 Å². The molecule has 10 heteroatoms. The summed E-state index contributed by atoms with van der Waals surface area (Å²) in [4.78, 5) is 26.7. The van der Waals surface area contributed by atoms with E-state index in [4.69, 9.17) is 0 Å². The predicted octanol–water partition coefficient (Wildman–Crippen LogP) is 2.05. The fourth-order valence-corrected chi connectivity index (χ4v) is 6.39. The maximum atomic E-state index is 13.5. The van der Waals surface area contributed by atoms with E-state index in [2.05, 4.69) is 10.6 Å². The topological polar surface area (TPSA) is 123 Å². The summed E-state index contributed by atoms with van der Waals surface area (Å²) in [6, 6.07) is 19.7. The minimum atomic E-state index is -3.76. The van der Waals surface area contributed by atoms with Crippen LogP contribution in [0.15, 0.2) is 85.2 Å². The molecule has 4 rings (SSSR count). The van der Waals surface area contributed by atoms with Gasteiger partial charge < -0.3 is 15.8 Å². The van der Waals surface area contributed by atoms with Crippen molar-refractivity contribution in [1.29, 1.82) is 0 Å². The van der Waals surface area contributed by atoms with Gasteiger partial charge in [0, 0.05) is 31.1 Å². The summed E-state index contributed by atoms with van der Waals surface area (Å²) in [7, 11) is -3.76. The number of piperidine rings is 1. The van der Waals surface area contributed by atoms with Crippen LogP contribution in [-0.4, -0.2) is 43.2 Å². The number of hydrogen-bond acceptors (Lipinski definition) is 5. The number of sulfonamides is 1. The van der Waals surface area contributed by atoms with E-state index >= 15 is 0 Å². The number of benzene rings is 2. The van der Waals surface area contributed by atoms with Crippen LogP contribution in [0.1, 0.15) is 36.0 Å². The van der Waals surface area contributed by atoms with Gasteiger partial charge in [0.05, 0.1) is 5.75 Å². The molecule has 1 aromatic heterocycles. The Labute approximate surface area is 223 Å². The van der Waals surface area contributed by atoms with E-state index in [1.54, 1.807) is 36.4 Å². The maximum absolute atomic E-state index is 13.5. The molecule has 2 heterocycles. The number of rotatable bonds is 10. The van der Waals surface area contributed by atoms with E-state index in [0.717, 1.165) is 5.56 Å². The van der Waals surface area contributed by atoms with Crippen molar-refractivity contribution in [3.05, 3.63) is 107 Å². The first-order valence-corrected chi connectivity index (χ1v) is 14.3. The molecule has 3 aromatic rings. The summed E-state index contributed by atoms with van der Waals surface area (Å²) in [5.41, 5.74) is 2.12. The van der Waals surface area contributed by atoms with Gasteiger partial charge >= 0.3 is 0 Å².